The first-order valence-electron chi connectivity index (χ1n) is 8.00. The summed E-state index contributed by atoms with van der Waals surface area (Å²) in [5, 5.41) is 5.99. The van der Waals surface area contributed by atoms with E-state index in [1.807, 2.05) is 0 Å². The summed E-state index contributed by atoms with van der Waals surface area (Å²) in [5.41, 5.74) is -0.953. The van der Waals surface area contributed by atoms with Crippen LogP contribution >= 0.6 is 24.0 Å². The van der Waals surface area contributed by atoms with Crippen molar-refractivity contribution < 1.29 is 13.2 Å². The molecule has 2 N–H and O–H groups in total. The molecule has 1 aromatic rings. The number of rotatable bonds is 4. The Balaban J connectivity index is 0.00000312. The van der Waals surface area contributed by atoms with Gasteiger partial charge in [-0.2, -0.15) is 13.2 Å². The number of halogens is 4. The van der Waals surface area contributed by atoms with E-state index in [9.17, 15) is 13.2 Å². The van der Waals surface area contributed by atoms with Gasteiger partial charge in [-0.1, -0.05) is 6.92 Å². The molecule has 0 saturated carbocycles. The van der Waals surface area contributed by atoms with Gasteiger partial charge in [-0.25, -0.2) is 9.97 Å². The Labute approximate surface area is 162 Å². The van der Waals surface area contributed by atoms with Crippen LogP contribution in [0.25, 0.3) is 0 Å². The maximum atomic E-state index is 12.6. The van der Waals surface area contributed by atoms with Gasteiger partial charge in [-0.3, -0.25) is 4.99 Å². The maximum Gasteiger partial charge on any atom is 0.433 e. The first kappa shape index (κ1) is 21.7. The Kier molecular flexibility index (Phi) is 8.66. The molecule has 6 nitrogen and oxygen atoms in total. The molecule has 0 unspecified atom stereocenters. The third-order valence-electron chi connectivity index (χ3n) is 3.93. The molecule has 0 amide bonds. The van der Waals surface area contributed by atoms with E-state index in [4.69, 9.17) is 0 Å². The van der Waals surface area contributed by atoms with Crippen LogP contribution in [0.2, 0.25) is 0 Å². The second-order valence-corrected chi connectivity index (χ2v) is 5.83. The quantitative estimate of drug-likeness (QED) is 0.306. The lowest BCUT2D eigenvalue weighted by Gasteiger charge is -2.32. The Morgan fingerprint density at radius 3 is 2.60 bits per heavy atom. The fraction of sp³-hybridized carbons (Fsp3) is 0.667. The van der Waals surface area contributed by atoms with E-state index in [1.165, 1.54) is 0 Å². The fourth-order valence-corrected chi connectivity index (χ4v) is 2.50. The van der Waals surface area contributed by atoms with Gasteiger partial charge in [-0.05, 0) is 24.8 Å². The number of nitrogens with one attached hydrogen (secondary N) is 2. The van der Waals surface area contributed by atoms with E-state index < -0.39 is 11.9 Å². The summed E-state index contributed by atoms with van der Waals surface area (Å²) in [6.07, 6.45) is -1.10. The van der Waals surface area contributed by atoms with Gasteiger partial charge in [0, 0.05) is 39.4 Å². The zero-order valence-electron chi connectivity index (χ0n) is 14.3. The molecule has 2 rings (SSSR count). The Hall–Kier alpha value is -1.33. The van der Waals surface area contributed by atoms with Crippen LogP contribution < -0.4 is 10.6 Å². The predicted octanol–water partition coefficient (Wildman–Crippen LogP) is 2.83. The van der Waals surface area contributed by atoms with Gasteiger partial charge in [0.25, 0.3) is 0 Å². The minimum absolute atomic E-state index is 0. The fourth-order valence-electron chi connectivity index (χ4n) is 2.50. The van der Waals surface area contributed by atoms with Crippen molar-refractivity contribution in [3.05, 3.63) is 18.0 Å². The van der Waals surface area contributed by atoms with Crippen LogP contribution in [0.3, 0.4) is 0 Å². The van der Waals surface area contributed by atoms with Crippen molar-refractivity contribution in [2.24, 2.45) is 10.9 Å². The summed E-state index contributed by atoms with van der Waals surface area (Å²) in [5.74, 6) is 1.51. The molecule has 0 aromatic carbocycles. The van der Waals surface area contributed by atoms with Crippen LogP contribution in [0, 0.1) is 5.92 Å². The van der Waals surface area contributed by atoms with E-state index in [0.29, 0.717) is 13.1 Å². The van der Waals surface area contributed by atoms with Crippen molar-refractivity contribution in [2.75, 3.05) is 38.5 Å². The van der Waals surface area contributed by atoms with Crippen LogP contribution in [-0.2, 0) is 6.18 Å². The summed E-state index contributed by atoms with van der Waals surface area (Å²) in [6, 6.07) is 0.850. The molecule has 1 aromatic heterocycles. The highest BCUT2D eigenvalue weighted by atomic mass is 127. The number of aromatic nitrogens is 2. The summed E-state index contributed by atoms with van der Waals surface area (Å²) in [6.45, 7) is 5.07. The number of alkyl halides is 3. The van der Waals surface area contributed by atoms with Crippen LogP contribution in [0.5, 0.6) is 0 Å². The SMILES string of the molecule is CN=C(NCCNc1nccc(C(F)(F)F)n1)N1CCC(C)CC1.I. The molecule has 0 bridgehead atoms. The number of anilines is 1. The van der Waals surface area contributed by atoms with Crippen LogP contribution in [0.1, 0.15) is 25.5 Å². The molecule has 0 atom stereocenters. The molecule has 0 spiro atoms. The Morgan fingerprint density at radius 2 is 2.00 bits per heavy atom. The molecule has 0 radical (unpaired) electrons. The Bertz CT molecular complexity index is 558. The van der Waals surface area contributed by atoms with Crippen molar-refractivity contribution in [1.29, 1.82) is 0 Å². The monoisotopic (exact) mass is 472 g/mol. The number of piperidine rings is 1. The van der Waals surface area contributed by atoms with Crippen molar-refractivity contribution >= 4 is 35.9 Å². The molecule has 10 heteroatoms. The molecule has 25 heavy (non-hydrogen) atoms. The van der Waals surface area contributed by atoms with E-state index >= 15 is 0 Å². The average Bonchev–Trinajstić information content (AvgIpc) is 2.56. The molecule has 0 aliphatic carbocycles. The van der Waals surface area contributed by atoms with Crippen molar-refractivity contribution in [3.63, 3.8) is 0 Å². The van der Waals surface area contributed by atoms with Crippen molar-refractivity contribution in [2.45, 2.75) is 25.9 Å². The molecular weight excluding hydrogens is 448 g/mol. The summed E-state index contributed by atoms with van der Waals surface area (Å²) < 4.78 is 37.8. The topological polar surface area (TPSA) is 65.4 Å². The van der Waals surface area contributed by atoms with Gasteiger partial charge in [0.2, 0.25) is 5.95 Å². The zero-order valence-corrected chi connectivity index (χ0v) is 16.6. The maximum absolute atomic E-state index is 12.6. The molecule has 1 aliphatic rings. The lowest BCUT2D eigenvalue weighted by Crippen LogP contribution is -2.46. The largest absolute Gasteiger partial charge is 0.433 e. The minimum Gasteiger partial charge on any atom is -0.354 e. The van der Waals surface area contributed by atoms with Gasteiger partial charge >= 0.3 is 6.18 Å². The molecule has 1 saturated heterocycles. The predicted molar refractivity (Wildman–Crippen MR) is 102 cm³/mol. The Morgan fingerprint density at radius 1 is 1.32 bits per heavy atom. The summed E-state index contributed by atoms with van der Waals surface area (Å²) in [4.78, 5) is 13.7. The van der Waals surface area contributed by atoms with Gasteiger partial charge in [-0.15, -0.1) is 24.0 Å². The van der Waals surface area contributed by atoms with E-state index in [0.717, 1.165) is 50.1 Å². The van der Waals surface area contributed by atoms with Gasteiger partial charge < -0.3 is 15.5 Å². The van der Waals surface area contributed by atoms with Crippen LogP contribution in [0.15, 0.2) is 17.3 Å². The molecule has 142 valence electrons. The van der Waals surface area contributed by atoms with Crippen molar-refractivity contribution in [1.82, 2.24) is 20.2 Å². The molecular formula is C15H24F3IN6. The lowest BCUT2D eigenvalue weighted by atomic mass is 10.00. The highest BCUT2D eigenvalue weighted by Crippen LogP contribution is 2.27. The third-order valence-corrected chi connectivity index (χ3v) is 3.93. The molecule has 1 aliphatic heterocycles. The van der Waals surface area contributed by atoms with Gasteiger partial charge in [0.15, 0.2) is 5.96 Å². The average molecular weight is 472 g/mol. The zero-order chi connectivity index (χ0) is 17.6. The van der Waals surface area contributed by atoms with Crippen molar-refractivity contribution in [3.8, 4) is 0 Å². The third kappa shape index (κ3) is 6.83. The highest BCUT2D eigenvalue weighted by molar-refractivity contribution is 14.0. The second kappa shape index (κ2) is 9.97. The number of hydrogen-bond acceptors (Lipinski definition) is 4. The number of guanidine groups is 1. The number of hydrogen-bond donors (Lipinski definition) is 2. The number of aliphatic imine (C=N–C) groups is 1. The highest BCUT2D eigenvalue weighted by Gasteiger charge is 2.32. The minimum atomic E-state index is -4.47. The standard InChI is InChI=1S/C15H23F3N6.HI/c1-11-4-9-24(10-5-11)14(19-2)22-8-7-21-13-20-6-3-12(23-13)15(16,17)18;/h3,6,11H,4-5,7-10H2,1-2H3,(H,19,22)(H,20,21,23);1H. The summed E-state index contributed by atoms with van der Waals surface area (Å²) in [7, 11) is 1.73. The number of likely N-dealkylation sites (tertiary alicyclic amines) is 1. The first-order valence-corrected chi connectivity index (χ1v) is 8.00. The molecule has 2 heterocycles. The second-order valence-electron chi connectivity index (χ2n) is 5.83. The van der Waals surface area contributed by atoms with E-state index in [2.05, 4.69) is 37.4 Å². The van der Waals surface area contributed by atoms with E-state index in [-0.39, 0.29) is 29.9 Å². The van der Waals surface area contributed by atoms with E-state index in [1.54, 1.807) is 7.05 Å². The smallest absolute Gasteiger partial charge is 0.354 e. The normalized spacial score (nSPS) is 16.4. The van der Waals surface area contributed by atoms with Gasteiger partial charge in [0.05, 0.1) is 0 Å². The van der Waals surface area contributed by atoms with Crippen LogP contribution in [0.4, 0.5) is 19.1 Å². The van der Waals surface area contributed by atoms with Crippen LogP contribution in [-0.4, -0.2) is 54.1 Å². The first-order chi connectivity index (χ1) is 11.4. The summed E-state index contributed by atoms with van der Waals surface area (Å²) >= 11 is 0. The van der Waals surface area contributed by atoms with Gasteiger partial charge in [0.1, 0.15) is 5.69 Å². The number of nitrogens with zero attached hydrogens (tertiary/aromatic N) is 4. The lowest BCUT2D eigenvalue weighted by molar-refractivity contribution is -0.141. The molecule has 1 fully saturated rings.